The third-order valence-corrected chi connectivity index (χ3v) is 5.94. The Morgan fingerprint density at radius 1 is 1.10 bits per heavy atom. The van der Waals surface area contributed by atoms with E-state index in [0.717, 1.165) is 16.7 Å². The fourth-order valence-corrected chi connectivity index (χ4v) is 4.51. The van der Waals surface area contributed by atoms with Crippen molar-refractivity contribution in [2.45, 2.75) is 37.8 Å². The lowest BCUT2D eigenvalue weighted by Crippen LogP contribution is -2.41. The number of rotatable bonds is 3. The van der Waals surface area contributed by atoms with E-state index in [0.29, 0.717) is 37.4 Å². The molecule has 5 nitrogen and oxygen atoms in total. The van der Waals surface area contributed by atoms with Gasteiger partial charge in [0.25, 0.3) is 0 Å². The molecule has 2 aromatic rings. The van der Waals surface area contributed by atoms with Gasteiger partial charge in [0.15, 0.2) is 0 Å². The number of halogens is 3. The number of nitrogens with zero attached hydrogens (tertiary/aromatic N) is 1. The van der Waals surface area contributed by atoms with E-state index in [2.05, 4.69) is 5.32 Å². The summed E-state index contributed by atoms with van der Waals surface area (Å²) >= 11 is 0. The molecular weight excluding hydrogens is 409 g/mol. The smallest absolute Gasteiger partial charge is 0.381 e. The van der Waals surface area contributed by atoms with Crippen LogP contribution in [0.15, 0.2) is 42.5 Å². The molecule has 0 aromatic heterocycles. The third-order valence-electron chi connectivity index (χ3n) is 5.94. The number of hydrogen-bond acceptors (Lipinski definition) is 3. The molecule has 31 heavy (non-hydrogen) atoms. The summed E-state index contributed by atoms with van der Waals surface area (Å²) in [7, 11) is 0. The summed E-state index contributed by atoms with van der Waals surface area (Å²) in [5.41, 5.74) is 3.42. The number of hydrogen-bond donors (Lipinski definition) is 1. The molecule has 0 unspecified atom stereocenters. The van der Waals surface area contributed by atoms with Crippen LogP contribution in [-0.2, 0) is 19.7 Å². The van der Waals surface area contributed by atoms with Crippen LogP contribution >= 0.6 is 0 Å². The predicted octanol–water partition coefficient (Wildman–Crippen LogP) is 4.66. The van der Waals surface area contributed by atoms with Crippen LogP contribution in [-0.4, -0.2) is 37.7 Å². The fraction of sp³-hybridized carbons (Fsp3) is 0.391. The minimum atomic E-state index is -4.55. The molecule has 8 heteroatoms. The van der Waals surface area contributed by atoms with E-state index in [4.69, 9.17) is 4.74 Å². The molecule has 0 bridgehead atoms. The van der Waals surface area contributed by atoms with Gasteiger partial charge in [-0.25, -0.2) is 0 Å². The molecule has 0 aliphatic carbocycles. The zero-order chi connectivity index (χ0) is 22.2. The summed E-state index contributed by atoms with van der Waals surface area (Å²) in [5.74, 6) is -1.11. The van der Waals surface area contributed by atoms with E-state index in [9.17, 15) is 22.8 Å². The van der Waals surface area contributed by atoms with Gasteiger partial charge in [0.05, 0.1) is 0 Å². The van der Waals surface area contributed by atoms with Crippen LogP contribution in [0.3, 0.4) is 0 Å². The molecule has 1 saturated heterocycles. The maximum Gasteiger partial charge on any atom is 0.397 e. The van der Waals surface area contributed by atoms with Crippen molar-refractivity contribution in [1.82, 2.24) is 0 Å². The van der Waals surface area contributed by atoms with Gasteiger partial charge < -0.3 is 15.0 Å². The number of anilines is 2. The predicted molar refractivity (Wildman–Crippen MR) is 111 cm³/mol. The normalized spacial score (nSPS) is 17.5. The van der Waals surface area contributed by atoms with Gasteiger partial charge in [0, 0.05) is 43.5 Å². The molecule has 1 spiro atoms. The van der Waals surface area contributed by atoms with E-state index >= 15 is 0 Å². The summed E-state index contributed by atoms with van der Waals surface area (Å²) in [4.78, 5) is 25.1. The number of carbonyl (C=O) groups excluding carboxylic acids is 2. The van der Waals surface area contributed by atoms with E-state index in [1.165, 1.54) is 11.8 Å². The summed E-state index contributed by atoms with van der Waals surface area (Å²) < 4.78 is 44.1. The van der Waals surface area contributed by atoms with Crippen molar-refractivity contribution < 1.29 is 27.5 Å². The molecule has 2 aliphatic heterocycles. The monoisotopic (exact) mass is 432 g/mol. The maximum atomic E-state index is 12.9. The summed E-state index contributed by atoms with van der Waals surface area (Å²) in [6.07, 6.45) is -4.73. The number of amides is 2. The minimum Gasteiger partial charge on any atom is -0.381 e. The van der Waals surface area contributed by atoms with Crippen molar-refractivity contribution in [2.75, 3.05) is 30.0 Å². The quantitative estimate of drug-likeness (QED) is 0.768. The molecule has 2 aliphatic rings. The summed E-state index contributed by atoms with van der Waals surface area (Å²) in [6, 6.07) is 12.9. The zero-order valence-electron chi connectivity index (χ0n) is 17.1. The van der Waals surface area contributed by atoms with Gasteiger partial charge in [-0.1, -0.05) is 18.2 Å². The highest BCUT2D eigenvalue weighted by Gasteiger charge is 2.47. The van der Waals surface area contributed by atoms with Gasteiger partial charge in [-0.3, -0.25) is 9.59 Å². The minimum absolute atomic E-state index is 0.175. The van der Waals surface area contributed by atoms with Crippen molar-refractivity contribution in [3.05, 3.63) is 48.0 Å². The Hall–Kier alpha value is -2.87. The van der Waals surface area contributed by atoms with Crippen molar-refractivity contribution in [1.29, 1.82) is 0 Å². The molecule has 0 atom stereocenters. The van der Waals surface area contributed by atoms with E-state index in [1.807, 2.05) is 24.3 Å². The summed E-state index contributed by atoms with van der Waals surface area (Å²) in [5, 5.41) is 2.75. The van der Waals surface area contributed by atoms with Crippen LogP contribution in [0.25, 0.3) is 11.1 Å². The highest BCUT2D eigenvalue weighted by Crippen LogP contribution is 2.48. The molecule has 2 heterocycles. The van der Waals surface area contributed by atoms with Crippen molar-refractivity contribution in [2.24, 2.45) is 0 Å². The standard InChI is InChI=1S/C23H23F3N2O3/c1-15(29)27-18-4-2-3-16(11-18)17-5-6-20-19(12-17)22(7-9-31-10-8-22)14-28(20)21(30)13-23(24,25)26/h2-6,11-12H,7-10,13-14H2,1H3,(H,27,29). The molecule has 4 rings (SSSR count). The largest absolute Gasteiger partial charge is 0.397 e. The third kappa shape index (κ3) is 4.44. The van der Waals surface area contributed by atoms with Gasteiger partial charge in [0.2, 0.25) is 11.8 Å². The lowest BCUT2D eigenvalue weighted by Gasteiger charge is -2.34. The molecular formula is C23H23F3N2O3. The molecule has 0 radical (unpaired) electrons. The van der Waals surface area contributed by atoms with Crippen molar-refractivity contribution in [3.63, 3.8) is 0 Å². The number of ether oxygens (including phenoxy) is 1. The number of fused-ring (bicyclic) bond motifs is 2. The lowest BCUT2D eigenvalue weighted by molar-refractivity contribution is -0.152. The Labute approximate surface area is 178 Å². The molecule has 2 amide bonds. The Kier molecular flexibility index (Phi) is 5.51. The van der Waals surface area contributed by atoms with Crippen LogP contribution in [0.2, 0.25) is 0 Å². The molecule has 164 valence electrons. The highest BCUT2D eigenvalue weighted by atomic mass is 19.4. The molecule has 1 fully saturated rings. The topological polar surface area (TPSA) is 58.6 Å². The fourth-order valence-electron chi connectivity index (χ4n) is 4.51. The van der Waals surface area contributed by atoms with Gasteiger partial charge in [-0.05, 0) is 53.8 Å². The Balaban J connectivity index is 1.73. The number of carbonyl (C=O) groups is 2. The second-order valence-electron chi connectivity index (χ2n) is 8.16. The van der Waals surface area contributed by atoms with Crippen LogP contribution in [0.1, 0.15) is 31.7 Å². The van der Waals surface area contributed by atoms with Gasteiger partial charge in [-0.15, -0.1) is 0 Å². The summed E-state index contributed by atoms with van der Waals surface area (Å²) in [6.45, 7) is 2.67. The molecule has 2 aromatic carbocycles. The Morgan fingerprint density at radius 3 is 2.48 bits per heavy atom. The first-order valence-corrected chi connectivity index (χ1v) is 10.1. The molecule has 0 saturated carbocycles. The van der Waals surface area contributed by atoms with Crippen LogP contribution < -0.4 is 10.2 Å². The average Bonchev–Trinajstić information content (AvgIpc) is 3.01. The van der Waals surface area contributed by atoms with E-state index in [-0.39, 0.29) is 12.5 Å². The van der Waals surface area contributed by atoms with Crippen LogP contribution in [0.5, 0.6) is 0 Å². The Bertz CT molecular complexity index is 1010. The van der Waals surface area contributed by atoms with Crippen molar-refractivity contribution in [3.8, 4) is 11.1 Å². The number of alkyl halides is 3. The Morgan fingerprint density at radius 2 is 1.81 bits per heavy atom. The van der Waals surface area contributed by atoms with Crippen LogP contribution in [0, 0.1) is 0 Å². The zero-order valence-corrected chi connectivity index (χ0v) is 17.1. The van der Waals surface area contributed by atoms with E-state index < -0.39 is 23.9 Å². The van der Waals surface area contributed by atoms with Crippen molar-refractivity contribution >= 4 is 23.2 Å². The highest BCUT2D eigenvalue weighted by molar-refractivity contribution is 5.97. The second-order valence-corrected chi connectivity index (χ2v) is 8.16. The first kappa shape index (κ1) is 21.4. The lowest BCUT2D eigenvalue weighted by atomic mass is 9.75. The second kappa shape index (κ2) is 8.00. The maximum absolute atomic E-state index is 12.9. The van der Waals surface area contributed by atoms with Gasteiger partial charge in [0.1, 0.15) is 6.42 Å². The first-order chi connectivity index (χ1) is 14.7. The van der Waals surface area contributed by atoms with E-state index in [1.54, 1.807) is 18.2 Å². The number of benzene rings is 2. The SMILES string of the molecule is CC(=O)Nc1cccc(-c2ccc3c(c2)C2(CCOCC2)CN3C(=O)CC(F)(F)F)c1. The van der Waals surface area contributed by atoms with Gasteiger partial charge in [-0.2, -0.15) is 13.2 Å². The first-order valence-electron chi connectivity index (χ1n) is 10.1. The van der Waals surface area contributed by atoms with Crippen LogP contribution in [0.4, 0.5) is 24.5 Å². The van der Waals surface area contributed by atoms with Gasteiger partial charge >= 0.3 is 6.18 Å². The average molecular weight is 432 g/mol. The number of nitrogens with one attached hydrogen (secondary N) is 1. The molecule has 1 N–H and O–H groups in total.